The first-order valence-electron chi connectivity index (χ1n) is 10.4. The van der Waals surface area contributed by atoms with Gasteiger partial charge in [-0.3, -0.25) is 9.59 Å². The van der Waals surface area contributed by atoms with Crippen LogP contribution in [0.1, 0.15) is 5.56 Å². The highest BCUT2D eigenvalue weighted by Crippen LogP contribution is 2.28. The van der Waals surface area contributed by atoms with Crippen LogP contribution in [-0.2, 0) is 9.59 Å². The van der Waals surface area contributed by atoms with Crippen LogP contribution < -0.4 is 9.64 Å². The standard InChI is InChI=1S/C21H26N4O2.2CH2O2/c1-15-13-17(25-9-7-24(2)8-10-25)14-19-20(15)23-21(22-19)16-3-5-18(6-4-16)27-12-11-26;2*2-1-3/h3-6,13-14,26H,7-12H2,1-2H3,(H,22,23);2*1H,(H,2,3). The quantitative estimate of drug-likeness (QED) is 0.423. The maximum absolute atomic E-state index is 8.85. The van der Waals surface area contributed by atoms with Crippen molar-refractivity contribution in [3.8, 4) is 17.1 Å². The Labute approximate surface area is 192 Å². The number of ether oxygens (including phenoxy) is 1. The van der Waals surface area contributed by atoms with Gasteiger partial charge in [-0.25, -0.2) is 4.98 Å². The van der Waals surface area contributed by atoms with Gasteiger partial charge in [-0.2, -0.15) is 0 Å². The van der Waals surface area contributed by atoms with Gasteiger partial charge < -0.3 is 34.8 Å². The lowest BCUT2D eigenvalue weighted by Gasteiger charge is -2.34. The molecule has 4 N–H and O–H groups in total. The van der Waals surface area contributed by atoms with Gasteiger partial charge in [0.05, 0.1) is 17.6 Å². The van der Waals surface area contributed by atoms with Crippen LogP contribution >= 0.6 is 0 Å². The van der Waals surface area contributed by atoms with Crippen LogP contribution in [0.15, 0.2) is 36.4 Å². The number of aliphatic hydroxyl groups is 1. The monoisotopic (exact) mass is 458 g/mol. The van der Waals surface area contributed by atoms with Gasteiger partial charge in [-0.05, 0) is 55.9 Å². The Bertz CT molecular complexity index is 1010. The van der Waals surface area contributed by atoms with Crippen LogP contribution in [0.2, 0.25) is 0 Å². The van der Waals surface area contributed by atoms with E-state index in [1.165, 1.54) is 11.3 Å². The highest BCUT2D eigenvalue weighted by Gasteiger charge is 2.16. The Morgan fingerprint density at radius 1 is 1.06 bits per heavy atom. The van der Waals surface area contributed by atoms with Crippen LogP contribution in [-0.4, -0.2) is 89.6 Å². The second-order valence-corrected chi connectivity index (χ2v) is 7.34. The number of hydrogen-bond donors (Lipinski definition) is 4. The van der Waals surface area contributed by atoms with Gasteiger partial charge in [-0.1, -0.05) is 0 Å². The fourth-order valence-corrected chi connectivity index (χ4v) is 3.53. The molecule has 0 spiro atoms. The summed E-state index contributed by atoms with van der Waals surface area (Å²) in [6.45, 7) is 6.23. The summed E-state index contributed by atoms with van der Waals surface area (Å²) < 4.78 is 5.42. The van der Waals surface area contributed by atoms with Gasteiger partial charge >= 0.3 is 0 Å². The molecule has 1 aromatic heterocycles. The number of anilines is 1. The molecule has 4 rings (SSSR count). The number of aromatic amines is 1. The third-order valence-corrected chi connectivity index (χ3v) is 5.12. The summed E-state index contributed by atoms with van der Waals surface area (Å²) in [6, 6.07) is 12.2. The summed E-state index contributed by atoms with van der Waals surface area (Å²) in [7, 11) is 2.17. The molecule has 0 unspecified atom stereocenters. The van der Waals surface area contributed by atoms with Crippen molar-refractivity contribution in [3.05, 3.63) is 42.0 Å². The van der Waals surface area contributed by atoms with Gasteiger partial charge in [-0.15, -0.1) is 0 Å². The van der Waals surface area contributed by atoms with E-state index < -0.39 is 0 Å². The van der Waals surface area contributed by atoms with E-state index in [1.807, 2.05) is 24.3 Å². The van der Waals surface area contributed by atoms with E-state index in [-0.39, 0.29) is 19.6 Å². The molecule has 3 aromatic rings. The molecule has 33 heavy (non-hydrogen) atoms. The topological polar surface area (TPSA) is 139 Å². The number of H-pyrrole nitrogens is 1. The number of aromatic nitrogens is 2. The number of nitrogens with zero attached hydrogens (tertiary/aromatic N) is 3. The van der Waals surface area contributed by atoms with Crippen molar-refractivity contribution in [3.63, 3.8) is 0 Å². The molecular formula is C23H30N4O6. The highest BCUT2D eigenvalue weighted by atomic mass is 16.5. The number of hydrogen-bond acceptors (Lipinski definition) is 7. The molecule has 10 heteroatoms. The van der Waals surface area contributed by atoms with Crippen molar-refractivity contribution in [1.29, 1.82) is 0 Å². The molecule has 1 aliphatic heterocycles. The van der Waals surface area contributed by atoms with E-state index >= 15 is 0 Å². The van der Waals surface area contributed by atoms with Gasteiger partial charge in [0.2, 0.25) is 0 Å². The molecule has 2 aromatic carbocycles. The molecule has 0 aliphatic carbocycles. The van der Waals surface area contributed by atoms with Crippen LogP contribution in [0.4, 0.5) is 5.69 Å². The number of carbonyl (C=O) groups is 2. The van der Waals surface area contributed by atoms with Crippen molar-refractivity contribution in [2.45, 2.75) is 6.92 Å². The Hall–Kier alpha value is -3.63. The van der Waals surface area contributed by atoms with E-state index in [9.17, 15) is 0 Å². The summed E-state index contributed by atoms with van der Waals surface area (Å²) in [5, 5.41) is 22.6. The Kier molecular flexibility index (Phi) is 10.1. The molecular weight excluding hydrogens is 428 g/mol. The average Bonchev–Trinajstić information content (AvgIpc) is 3.24. The first-order valence-corrected chi connectivity index (χ1v) is 10.4. The number of aliphatic hydroxyl groups excluding tert-OH is 1. The fraction of sp³-hybridized carbons (Fsp3) is 0.348. The van der Waals surface area contributed by atoms with E-state index in [0.717, 1.165) is 54.3 Å². The van der Waals surface area contributed by atoms with Crippen LogP contribution in [0.5, 0.6) is 5.75 Å². The van der Waals surface area contributed by atoms with Crippen LogP contribution in [0.3, 0.4) is 0 Å². The molecule has 0 amide bonds. The Balaban J connectivity index is 0.000000582. The number of aryl methyl sites for hydroxylation is 1. The van der Waals surface area contributed by atoms with E-state index in [0.29, 0.717) is 6.61 Å². The molecule has 10 nitrogen and oxygen atoms in total. The molecule has 178 valence electrons. The maximum atomic E-state index is 8.85. The van der Waals surface area contributed by atoms with Crippen molar-refractivity contribution < 1.29 is 29.6 Å². The lowest BCUT2D eigenvalue weighted by atomic mass is 10.1. The number of nitrogens with one attached hydrogen (secondary N) is 1. The smallest absolute Gasteiger partial charge is 0.290 e. The number of imidazole rings is 1. The number of fused-ring (bicyclic) bond motifs is 1. The van der Waals surface area contributed by atoms with Gasteiger partial charge in [0.15, 0.2) is 0 Å². The fourth-order valence-electron chi connectivity index (χ4n) is 3.53. The lowest BCUT2D eigenvalue weighted by molar-refractivity contribution is -0.123. The minimum Gasteiger partial charge on any atom is -0.491 e. The zero-order valence-electron chi connectivity index (χ0n) is 18.8. The summed E-state index contributed by atoms with van der Waals surface area (Å²) in [5.41, 5.74) is 5.55. The van der Waals surface area contributed by atoms with Crippen molar-refractivity contribution in [1.82, 2.24) is 14.9 Å². The predicted octanol–water partition coefficient (Wildman–Crippen LogP) is 2.06. The molecule has 1 saturated heterocycles. The first kappa shape index (κ1) is 25.6. The zero-order valence-corrected chi connectivity index (χ0v) is 18.8. The molecule has 1 aliphatic rings. The number of benzene rings is 2. The highest BCUT2D eigenvalue weighted by molar-refractivity contribution is 5.86. The average molecular weight is 459 g/mol. The number of carboxylic acid groups (broad SMARTS) is 2. The first-order chi connectivity index (χ1) is 16.0. The summed E-state index contributed by atoms with van der Waals surface area (Å²) in [4.78, 5) is 29.8. The summed E-state index contributed by atoms with van der Waals surface area (Å²) >= 11 is 0. The van der Waals surface area contributed by atoms with E-state index in [2.05, 4.69) is 40.9 Å². The summed E-state index contributed by atoms with van der Waals surface area (Å²) in [6.07, 6.45) is 0. The molecule has 0 saturated carbocycles. The summed E-state index contributed by atoms with van der Waals surface area (Å²) in [5.74, 6) is 1.61. The van der Waals surface area contributed by atoms with Gasteiger partial charge in [0.1, 0.15) is 18.2 Å². The minimum atomic E-state index is -0.250. The van der Waals surface area contributed by atoms with Crippen molar-refractivity contribution in [2.75, 3.05) is 51.3 Å². The minimum absolute atomic E-state index is 0.0141. The normalized spacial score (nSPS) is 13.4. The second-order valence-electron chi connectivity index (χ2n) is 7.34. The van der Waals surface area contributed by atoms with Crippen LogP contribution in [0, 0.1) is 6.92 Å². The van der Waals surface area contributed by atoms with E-state index in [1.54, 1.807) is 0 Å². The number of rotatable bonds is 5. The SMILES string of the molecule is Cc1cc(N2CCN(C)CC2)cc2[nH]c(-c3ccc(OCCO)cc3)nc12.O=CO.O=CO. The molecule has 1 fully saturated rings. The Morgan fingerprint density at radius 3 is 2.24 bits per heavy atom. The van der Waals surface area contributed by atoms with Crippen molar-refractivity contribution in [2.24, 2.45) is 0 Å². The molecule has 0 radical (unpaired) electrons. The second kappa shape index (κ2) is 13.0. The number of piperazine rings is 1. The molecule has 2 heterocycles. The number of likely N-dealkylation sites (N-methyl/N-ethyl adjacent to an activating group) is 1. The molecule has 0 atom stereocenters. The van der Waals surface area contributed by atoms with E-state index in [4.69, 9.17) is 34.6 Å². The predicted molar refractivity (Wildman–Crippen MR) is 126 cm³/mol. The van der Waals surface area contributed by atoms with Gasteiger partial charge in [0.25, 0.3) is 12.9 Å². The lowest BCUT2D eigenvalue weighted by Crippen LogP contribution is -2.44. The maximum Gasteiger partial charge on any atom is 0.290 e. The van der Waals surface area contributed by atoms with Crippen LogP contribution in [0.25, 0.3) is 22.4 Å². The largest absolute Gasteiger partial charge is 0.491 e. The van der Waals surface area contributed by atoms with Crippen molar-refractivity contribution >= 4 is 29.7 Å². The Morgan fingerprint density at radius 2 is 1.67 bits per heavy atom. The zero-order chi connectivity index (χ0) is 24.2. The third kappa shape index (κ3) is 7.19. The molecule has 0 bridgehead atoms. The van der Waals surface area contributed by atoms with Gasteiger partial charge in [0, 0.05) is 37.4 Å². The third-order valence-electron chi connectivity index (χ3n) is 5.12.